The van der Waals surface area contributed by atoms with E-state index in [4.69, 9.17) is 5.11 Å². The number of carboxylic acids is 1. The molecule has 0 aromatic carbocycles. The summed E-state index contributed by atoms with van der Waals surface area (Å²) in [4.78, 5) is 24.1. The molecular weight excluding hydrogens is 244 g/mol. The highest BCUT2D eigenvalue weighted by molar-refractivity contribution is 7.84. The van der Waals surface area contributed by atoms with E-state index in [1.165, 1.54) is 4.90 Å². The number of urea groups is 1. The summed E-state index contributed by atoms with van der Waals surface area (Å²) < 4.78 is 10.8. The van der Waals surface area contributed by atoms with Crippen LogP contribution in [0.1, 0.15) is 6.92 Å². The van der Waals surface area contributed by atoms with Crippen molar-refractivity contribution in [1.29, 1.82) is 0 Å². The zero-order chi connectivity index (χ0) is 13.0. The molecule has 0 aromatic heterocycles. The van der Waals surface area contributed by atoms with E-state index in [1.54, 1.807) is 6.26 Å². The van der Waals surface area contributed by atoms with Crippen molar-refractivity contribution in [3.63, 3.8) is 0 Å². The highest BCUT2D eigenvalue weighted by Gasteiger charge is 2.36. The molecular formula is C10H18N2O4S. The summed E-state index contributed by atoms with van der Waals surface area (Å²) in [7, 11) is -0.932. The van der Waals surface area contributed by atoms with E-state index < -0.39 is 22.7 Å². The van der Waals surface area contributed by atoms with Crippen LogP contribution in [-0.2, 0) is 15.6 Å². The second-order valence-corrected chi connectivity index (χ2v) is 5.89. The van der Waals surface area contributed by atoms with Gasteiger partial charge in [-0.3, -0.25) is 9.00 Å². The number of rotatable bonds is 4. The Kier molecular flexibility index (Phi) is 4.92. The molecule has 0 radical (unpaired) electrons. The second kappa shape index (κ2) is 6.00. The molecule has 1 saturated heterocycles. The summed E-state index contributed by atoms with van der Waals surface area (Å²) in [6.07, 6.45) is 1.57. The molecule has 0 saturated carbocycles. The number of nitrogens with one attached hydrogen (secondary N) is 1. The molecule has 1 aliphatic rings. The third kappa shape index (κ3) is 3.99. The molecule has 0 spiro atoms. The molecule has 1 unspecified atom stereocenters. The van der Waals surface area contributed by atoms with Gasteiger partial charge in [0.1, 0.15) is 0 Å². The monoisotopic (exact) mass is 262 g/mol. The van der Waals surface area contributed by atoms with Crippen LogP contribution in [0.15, 0.2) is 0 Å². The summed E-state index contributed by atoms with van der Waals surface area (Å²) >= 11 is 0. The zero-order valence-corrected chi connectivity index (χ0v) is 10.8. The van der Waals surface area contributed by atoms with Gasteiger partial charge in [0.2, 0.25) is 0 Å². The average Bonchev–Trinajstić information content (AvgIpc) is 2.59. The van der Waals surface area contributed by atoms with Crippen molar-refractivity contribution in [1.82, 2.24) is 10.2 Å². The summed E-state index contributed by atoms with van der Waals surface area (Å²) in [6.45, 7) is 2.88. The number of likely N-dealkylation sites (tertiary alicyclic amines) is 1. The van der Waals surface area contributed by atoms with Crippen LogP contribution >= 0.6 is 0 Å². The van der Waals surface area contributed by atoms with Gasteiger partial charge in [0.25, 0.3) is 0 Å². The SMILES string of the molecule is C[C@@H]1CN(C(=O)NCCS(C)=O)C[C@H]1C(=O)O. The molecule has 2 N–H and O–H groups in total. The molecule has 3 atom stereocenters. The highest BCUT2D eigenvalue weighted by Crippen LogP contribution is 2.22. The molecule has 6 nitrogen and oxygen atoms in total. The molecule has 98 valence electrons. The Morgan fingerprint density at radius 3 is 2.59 bits per heavy atom. The fourth-order valence-corrected chi connectivity index (χ4v) is 2.26. The van der Waals surface area contributed by atoms with Crippen molar-refractivity contribution in [3.8, 4) is 0 Å². The van der Waals surface area contributed by atoms with Crippen LogP contribution in [0.3, 0.4) is 0 Å². The Morgan fingerprint density at radius 2 is 2.12 bits per heavy atom. The second-order valence-electron chi connectivity index (χ2n) is 4.34. The number of carbonyl (C=O) groups excluding carboxylic acids is 1. The minimum Gasteiger partial charge on any atom is -0.481 e. The van der Waals surface area contributed by atoms with Gasteiger partial charge in [-0.1, -0.05) is 6.92 Å². The van der Waals surface area contributed by atoms with Crippen molar-refractivity contribution < 1.29 is 18.9 Å². The molecule has 17 heavy (non-hydrogen) atoms. The van der Waals surface area contributed by atoms with Crippen LogP contribution in [-0.4, -0.2) is 57.9 Å². The van der Waals surface area contributed by atoms with Gasteiger partial charge >= 0.3 is 12.0 Å². The largest absolute Gasteiger partial charge is 0.481 e. The third-order valence-electron chi connectivity index (χ3n) is 2.88. The Morgan fingerprint density at radius 1 is 1.47 bits per heavy atom. The van der Waals surface area contributed by atoms with Gasteiger partial charge < -0.3 is 15.3 Å². The first kappa shape index (κ1) is 14.0. The Bertz CT molecular complexity index is 334. The number of hydrogen-bond acceptors (Lipinski definition) is 3. The Balaban J connectivity index is 2.39. The standard InChI is InChI=1S/C10H18N2O4S/c1-7-5-12(6-8(7)9(13)14)10(15)11-3-4-17(2)16/h7-8H,3-6H2,1-2H3,(H,11,15)(H,13,14)/t7-,8-,17?/m1/s1. The van der Waals surface area contributed by atoms with Crippen LogP contribution in [0.25, 0.3) is 0 Å². The van der Waals surface area contributed by atoms with Crippen molar-refractivity contribution in [3.05, 3.63) is 0 Å². The first-order valence-electron chi connectivity index (χ1n) is 5.47. The maximum atomic E-state index is 11.7. The number of carbonyl (C=O) groups is 2. The lowest BCUT2D eigenvalue weighted by molar-refractivity contribution is -0.142. The lowest BCUT2D eigenvalue weighted by Crippen LogP contribution is -2.40. The predicted molar refractivity (Wildman–Crippen MR) is 64.2 cm³/mol. The summed E-state index contributed by atoms with van der Waals surface area (Å²) in [6, 6.07) is -0.272. The van der Waals surface area contributed by atoms with Gasteiger partial charge in [-0.25, -0.2) is 4.79 Å². The van der Waals surface area contributed by atoms with E-state index in [1.807, 2.05) is 6.92 Å². The fourth-order valence-electron chi connectivity index (χ4n) is 1.87. The minimum atomic E-state index is -0.932. The van der Waals surface area contributed by atoms with Crippen molar-refractivity contribution in [2.24, 2.45) is 11.8 Å². The molecule has 1 aliphatic heterocycles. The van der Waals surface area contributed by atoms with Crippen LogP contribution in [0, 0.1) is 11.8 Å². The van der Waals surface area contributed by atoms with Gasteiger partial charge in [-0.2, -0.15) is 0 Å². The minimum absolute atomic E-state index is 0.0291. The van der Waals surface area contributed by atoms with E-state index in [9.17, 15) is 13.8 Å². The number of amides is 2. The number of aliphatic carboxylic acids is 1. The Labute approximate surface area is 103 Å². The predicted octanol–water partition coefficient (Wildman–Crippen LogP) is -0.273. The fraction of sp³-hybridized carbons (Fsp3) is 0.800. The van der Waals surface area contributed by atoms with E-state index in [0.717, 1.165) is 0 Å². The number of carboxylic acid groups (broad SMARTS) is 1. The summed E-state index contributed by atoms with van der Waals surface area (Å²) in [5.74, 6) is -0.959. The van der Waals surface area contributed by atoms with Crippen LogP contribution < -0.4 is 5.32 Å². The van der Waals surface area contributed by atoms with Crippen LogP contribution in [0.4, 0.5) is 4.79 Å². The normalized spacial score (nSPS) is 25.6. The van der Waals surface area contributed by atoms with Gasteiger partial charge in [0.15, 0.2) is 0 Å². The summed E-state index contributed by atoms with van der Waals surface area (Å²) in [5.41, 5.74) is 0. The molecule has 0 bridgehead atoms. The van der Waals surface area contributed by atoms with E-state index in [0.29, 0.717) is 18.8 Å². The smallest absolute Gasteiger partial charge is 0.317 e. The van der Waals surface area contributed by atoms with Crippen LogP contribution in [0.5, 0.6) is 0 Å². The van der Waals surface area contributed by atoms with Gasteiger partial charge in [-0.05, 0) is 5.92 Å². The lowest BCUT2D eigenvalue weighted by atomic mass is 9.99. The maximum Gasteiger partial charge on any atom is 0.317 e. The third-order valence-corrected chi connectivity index (χ3v) is 3.66. The molecule has 1 fully saturated rings. The van der Waals surface area contributed by atoms with E-state index >= 15 is 0 Å². The zero-order valence-electron chi connectivity index (χ0n) is 10.0. The van der Waals surface area contributed by atoms with Gasteiger partial charge in [0.05, 0.1) is 5.92 Å². The molecule has 2 amide bonds. The first-order chi connectivity index (χ1) is 7.91. The van der Waals surface area contributed by atoms with E-state index in [-0.39, 0.29) is 18.5 Å². The number of hydrogen-bond donors (Lipinski definition) is 2. The summed E-state index contributed by atoms with van der Waals surface area (Å²) in [5, 5.41) is 11.6. The quantitative estimate of drug-likeness (QED) is 0.730. The first-order valence-corrected chi connectivity index (χ1v) is 7.20. The van der Waals surface area contributed by atoms with Crippen molar-refractivity contribution in [2.45, 2.75) is 6.92 Å². The van der Waals surface area contributed by atoms with Gasteiger partial charge in [0, 0.05) is 42.4 Å². The van der Waals surface area contributed by atoms with Gasteiger partial charge in [-0.15, -0.1) is 0 Å². The van der Waals surface area contributed by atoms with Crippen molar-refractivity contribution >= 4 is 22.8 Å². The molecule has 0 aliphatic carbocycles. The molecule has 1 heterocycles. The molecule has 0 aromatic rings. The van der Waals surface area contributed by atoms with Crippen LogP contribution in [0.2, 0.25) is 0 Å². The lowest BCUT2D eigenvalue weighted by Gasteiger charge is -2.16. The molecule has 1 rings (SSSR count). The Hall–Kier alpha value is -1.11. The molecule has 7 heteroatoms. The highest BCUT2D eigenvalue weighted by atomic mass is 32.2. The maximum absolute atomic E-state index is 11.7. The average molecular weight is 262 g/mol. The van der Waals surface area contributed by atoms with Crippen molar-refractivity contribution in [2.75, 3.05) is 31.6 Å². The topological polar surface area (TPSA) is 86.7 Å². The van der Waals surface area contributed by atoms with E-state index in [2.05, 4.69) is 5.32 Å². The number of nitrogens with zero attached hydrogens (tertiary/aromatic N) is 1.